The lowest BCUT2D eigenvalue weighted by Crippen LogP contribution is -2.37. The van der Waals surface area contributed by atoms with E-state index in [0.717, 1.165) is 42.4 Å². The molecule has 0 aromatic carbocycles. The molecule has 0 aliphatic heterocycles. The van der Waals surface area contributed by atoms with Gasteiger partial charge in [-0.1, -0.05) is 74.1 Å². The van der Waals surface area contributed by atoms with Crippen LogP contribution in [-0.2, 0) is 0 Å². The lowest BCUT2D eigenvalue weighted by molar-refractivity contribution is -0.0401. The lowest BCUT2D eigenvalue weighted by Gasteiger charge is -2.37. The molecular weight excluding hydrogens is 368 g/mol. The van der Waals surface area contributed by atoms with E-state index in [-0.39, 0.29) is 11.3 Å². The molecule has 2 saturated carbocycles. The normalized spacial score (nSPS) is 34.9. The first-order valence-electron chi connectivity index (χ1n) is 13.3. The van der Waals surface area contributed by atoms with Crippen molar-refractivity contribution in [3.63, 3.8) is 0 Å². The average Bonchev–Trinajstić information content (AvgIpc) is 2.61. The molecule has 2 fully saturated rings. The molecule has 2 aliphatic carbocycles. The van der Waals surface area contributed by atoms with E-state index in [4.69, 9.17) is 0 Å². The van der Waals surface area contributed by atoms with Crippen LogP contribution in [0.4, 0.5) is 0 Å². The average molecular weight is 423 g/mol. The lowest BCUT2D eigenvalue weighted by atomic mass is 9.71. The van der Waals surface area contributed by atoms with E-state index in [1.54, 1.807) is 0 Å². The zero-order chi connectivity index (χ0) is 22.5. The van der Waals surface area contributed by atoms with E-state index in [2.05, 4.69) is 48.5 Å². The molecule has 0 heterocycles. The van der Waals surface area contributed by atoms with E-state index in [1.807, 2.05) is 0 Å². The van der Waals surface area contributed by atoms with Gasteiger partial charge in [0.15, 0.2) is 0 Å². The first-order chi connectivity index (χ1) is 13.9. The summed E-state index contributed by atoms with van der Waals surface area (Å²) in [6.07, 6.45) is 12.6. The number of aliphatic hydroxyl groups is 2. The predicted octanol–water partition coefficient (Wildman–Crippen LogP) is 7.47. The predicted molar refractivity (Wildman–Crippen MR) is 129 cm³/mol. The molecule has 7 atom stereocenters. The number of aliphatic hydroxyl groups excluding tert-OH is 2. The van der Waals surface area contributed by atoms with Crippen molar-refractivity contribution in [1.82, 2.24) is 0 Å². The summed E-state index contributed by atoms with van der Waals surface area (Å²) in [5.41, 5.74) is 0.218. The molecular formula is C28H54O2. The fourth-order valence-electron chi connectivity index (χ4n) is 7.40. The minimum Gasteiger partial charge on any atom is -0.390 e. The van der Waals surface area contributed by atoms with Gasteiger partial charge in [0.2, 0.25) is 0 Å². The monoisotopic (exact) mass is 422 g/mol. The Bertz CT molecular complexity index is 469. The minimum absolute atomic E-state index is 0.149. The van der Waals surface area contributed by atoms with Crippen molar-refractivity contribution < 1.29 is 10.2 Å². The summed E-state index contributed by atoms with van der Waals surface area (Å²) in [5.74, 6) is 4.85. The molecule has 0 radical (unpaired) electrons. The van der Waals surface area contributed by atoms with Crippen molar-refractivity contribution >= 4 is 0 Å². The van der Waals surface area contributed by atoms with Gasteiger partial charge in [0.05, 0.1) is 12.2 Å². The van der Waals surface area contributed by atoms with E-state index in [1.165, 1.54) is 57.8 Å². The molecule has 178 valence electrons. The molecule has 0 amide bonds. The highest BCUT2D eigenvalue weighted by Crippen LogP contribution is 2.40. The van der Waals surface area contributed by atoms with Crippen LogP contribution in [0.2, 0.25) is 0 Å². The standard InChI is InChI=1S/C28H54O2/c1-19-8-10-24(11-9-19)15-22(4)17-28(6,7)18-23(5)27(30)26(29)16-25-13-20(2)12-21(3)14-25/h19-27,29-30H,8-18H2,1-7H3/t19?,20-,21?,22?,23?,24?,25?,26+,27?/m0/s1. The van der Waals surface area contributed by atoms with Crippen LogP contribution in [0.5, 0.6) is 0 Å². The van der Waals surface area contributed by atoms with Gasteiger partial charge in [0.25, 0.3) is 0 Å². The van der Waals surface area contributed by atoms with Gasteiger partial charge in [0.1, 0.15) is 0 Å². The fraction of sp³-hybridized carbons (Fsp3) is 1.00. The molecule has 2 nitrogen and oxygen atoms in total. The van der Waals surface area contributed by atoms with Crippen molar-refractivity contribution in [3.8, 4) is 0 Å². The summed E-state index contributed by atoms with van der Waals surface area (Å²) >= 11 is 0. The van der Waals surface area contributed by atoms with Gasteiger partial charge < -0.3 is 10.2 Å². The molecule has 2 rings (SSSR count). The summed E-state index contributed by atoms with van der Waals surface area (Å²) < 4.78 is 0. The molecule has 0 spiro atoms. The van der Waals surface area contributed by atoms with Crippen molar-refractivity contribution in [2.45, 2.75) is 131 Å². The fourth-order valence-corrected chi connectivity index (χ4v) is 7.40. The second-order valence-electron chi connectivity index (χ2n) is 13.1. The Balaban J connectivity index is 1.76. The molecule has 0 aromatic heterocycles. The zero-order valence-electron chi connectivity index (χ0n) is 21.4. The topological polar surface area (TPSA) is 40.5 Å². The third kappa shape index (κ3) is 8.81. The summed E-state index contributed by atoms with van der Waals surface area (Å²) in [7, 11) is 0. The first-order valence-corrected chi connectivity index (χ1v) is 13.3. The van der Waals surface area contributed by atoms with Crippen LogP contribution in [-0.4, -0.2) is 22.4 Å². The Labute approximate surface area is 188 Å². The van der Waals surface area contributed by atoms with Crippen LogP contribution in [0.15, 0.2) is 0 Å². The molecule has 2 aliphatic rings. The maximum absolute atomic E-state index is 10.9. The highest BCUT2D eigenvalue weighted by atomic mass is 16.3. The van der Waals surface area contributed by atoms with Gasteiger partial charge >= 0.3 is 0 Å². The van der Waals surface area contributed by atoms with E-state index < -0.39 is 12.2 Å². The third-order valence-corrected chi connectivity index (χ3v) is 8.47. The quantitative estimate of drug-likeness (QED) is 0.383. The zero-order valence-corrected chi connectivity index (χ0v) is 21.4. The molecule has 2 N–H and O–H groups in total. The highest BCUT2D eigenvalue weighted by molar-refractivity contribution is 4.84. The third-order valence-electron chi connectivity index (χ3n) is 8.47. The van der Waals surface area contributed by atoms with E-state index in [0.29, 0.717) is 5.92 Å². The summed E-state index contributed by atoms with van der Waals surface area (Å²) in [6.45, 7) is 16.4. The minimum atomic E-state index is -0.591. The van der Waals surface area contributed by atoms with Crippen LogP contribution in [0.25, 0.3) is 0 Å². The smallest absolute Gasteiger partial charge is 0.0824 e. The van der Waals surface area contributed by atoms with Gasteiger partial charge in [-0.15, -0.1) is 0 Å². The number of hydrogen-bond donors (Lipinski definition) is 2. The molecule has 0 aromatic rings. The first kappa shape index (κ1) is 26.2. The number of rotatable bonds is 10. The van der Waals surface area contributed by atoms with Crippen LogP contribution < -0.4 is 0 Å². The van der Waals surface area contributed by atoms with Crippen LogP contribution in [0.3, 0.4) is 0 Å². The van der Waals surface area contributed by atoms with E-state index in [9.17, 15) is 10.2 Å². The summed E-state index contributed by atoms with van der Waals surface area (Å²) in [5, 5.41) is 21.7. The Morgan fingerprint density at radius 2 is 1.30 bits per heavy atom. The maximum Gasteiger partial charge on any atom is 0.0824 e. The Morgan fingerprint density at radius 3 is 1.87 bits per heavy atom. The molecule has 5 unspecified atom stereocenters. The van der Waals surface area contributed by atoms with Crippen molar-refractivity contribution in [3.05, 3.63) is 0 Å². The van der Waals surface area contributed by atoms with Crippen molar-refractivity contribution in [2.24, 2.45) is 46.8 Å². The molecule has 2 heteroatoms. The van der Waals surface area contributed by atoms with Crippen molar-refractivity contribution in [1.29, 1.82) is 0 Å². The second kappa shape index (κ2) is 11.7. The van der Waals surface area contributed by atoms with Crippen LogP contribution in [0, 0.1) is 46.8 Å². The van der Waals surface area contributed by atoms with Gasteiger partial charge in [-0.3, -0.25) is 0 Å². The largest absolute Gasteiger partial charge is 0.390 e. The van der Waals surface area contributed by atoms with Gasteiger partial charge in [-0.25, -0.2) is 0 Å². The van der Waals surface area contributed by atoms with Crippen molar-refractivity contribution in [2.75, 3.05) is 0 Å². The Morgan fingerprint density at radius 1 is 0.733 bits per heavy atom. The Hall–Kier alpha value is -0.0800. The Kier molecular flexibility index (Phi) is 10.2. The summed E-state index contributed by atoms with van der Waals surface area (Å²) in [4.78, 5) is 0. The van der Waals surface area contributed by atoms with Gasteiger partial charge in [0, 0.05) is 0 Å². The SMILES string of the molecule is CC1CCC(CC(C)CC(C)(C)CC(C)C(O)[C@H](O)CC2CC(C)C[C@H](C)C2)CC1. The highest BCUT2D eigenvalue weighted by Gasteiger charge is 2.33. The summed E-state index contributed by atoms with van der Waals surface area (Å²) in [6, 6.07) is 0. The second-order valence-corrected chi connectivity index (χ2v) is 13.1. The maximum atomic E-state index is 10.9. The van der Waals surface area contributed by atoms with Crippen LogP contribution in [0.1, 0.15) is 119 Å². The molecule has 0 saturated heterocycles. The number of hydrogen-bond acceptors (Lipinski definition) is 2. The van der Waals surface area contributed by atoms with Gasteiger partial charge in [-0.05, 0) is 91.8 Å². The molecule has 30 heavy (non-hydrogen) atoms. The van der Waals surface area contributed by atoms with E-state index >= 15 is 0 Å². The molecule has 0 bridgehead atoms. The van der Waals surface area contributed by atoms with Crippen LogP contribution >= 0.6 is 0 Å². The van der Waals surface area contributed by atoms with Gasteiger partial charge in [-0.2, -0.15) is 0 Å².